The summed E-state index contributed by atoms with van der Waals surface area (Å²) in [5.41, 5.74) is 0.542. The number of aromatic nitrogens is 1. The second-order valence-corrected chi connectivity index (χ2v) is 4.75. The lowest BCUT2D eigenvalue weighted by atomic mass is 10.2. The Morgan fingerprint density at radius 3 is 2.65 bits per heavy atom. The third kappa shape index (κ3) is 4.07. The van der Waals surface area contributed by atoms with Crippen LogP contribution in [0.15, 0.2) is 47.1 Å². The Morgan fingerprint density at radius 2 is 2.05 bits per heavy atom. The molecule has 100 valence electrons. The van der Waals surface area contributed by atoms with E-state index in [2.05, 4.69) is 26.2 Å². The third-order valence-electron chi connectivity index (χ3n) is 2.35. The number of carbonyl (C=O) groups excluding carboxylic acids is 1. The van der Waals surface area contributed by atoms with Crippen molar-refractivity contribution in [2.24, 2.45) is 0 Å². The number of pyridine rings is 1. The Hall–Kier alpha value is -2.39. The van der Waals surface area contributed by atoms with Gasteiger partial charge in [0.15, 0.2) is 6.61 Å². The zero-order valence-corrected chi connectivity index (χ0v) is 11.9. The van der Waals surface area contributed by atoms with Crippen molar-refractivity contribution in [1.29, 1.82) is 5.26 Å². The maximum absolute atomic E-state index is 11.7. The van der Waals surface area contributed by atoms with E-state index in [0.29, 0.717) is 17.1 Å². The molecule has 0 saturated heterocycles. The van der Waals surface area contributed by atoms with Crippen LogP contribution in [-0.4, -0.2) is 17.5 Å². The highest BCUT2D eigenvalue weighted by Crippen LogP contribution is 2.12. The Kier molecular flexibility index (Phi) is 4.69. The maximum atomic E-state index is 11.7. The molecule has 1 heterocycles. The van der Waals surface area contributed by atoms with Crippen molar-refractivity contribution < 1.29 is 9.53 Å². The van der Waals surface area contributed by atoms with Gasteiger partial charge in [0.25, 0.3) is 5.91 Å². The van der Waals surface area contributed by atoms with Crippen molar-refractivity contribution in [3.8, 4) is 11.8 Å². The molecule has 0 aliphatic rings. The smallest absolute Gasteiger partial charge is 0.263 e. The summed E-state index contributed by atoms with van der Waals surface area (Å²) < 4.78 is 6.14. The lowest BCUT2D eigenvalue weighted by Crippen LogP contribution is -2.20. The second kappa shape index (κ2) is 6.68. The largest absolute Gasteiger partial charge is 0.484 e. The molecule has 20 heavy (non-hydrogen) atoms. The van der Waals surface area contributed by atoms with Gasteiger partial charge in [0.1, 0.15) is 11.6 Å². The molecule has 0 unspecified atom stereocenters. The van der Waals surface area contributed by atoms with Gasteiger partial charge in [-0.1, -0.05) is 0 Å². The van der Waals surface area contributed by atoms with Crippen molar-refractivity contribution in [3.63, 3.8) is 0 Å². The summed E-state index contributed by atoms with van der Waals surface area (Å²) in [4.78, 5) is 15.7. The predicted octanol–water partition coefficient (Wildman–Crippen LogP) is 2.73. The van der Waals surface area contributed by atoms with Crippen LogP contribution in [0.3, 0.4) is 0 Å². The molecule has 0 saturated carbocycles. The van der Waals surface area contributed by atoms with E-state index in [1.165, 1.54) is 0 Å². The molecule has 0 radical (unpaired) electrons. The highest BCUT2D eigenvalue weighted by atomic mass is 79.9. The van der Waals surface area contributed by atoms with Gasteiger partial charge in [0, 0.05) is 10.7 Å². The van der Waals surface area contributed by atoms with Crippen LogP contribution >= 0.6 is 15.9 Å². The Bertz CT molecular complexity index is 633. The lowest BCUT2D eigenvalue weighted by Gasteiger charge is -2.07. The van der Waals surface area contributed by atoms with Crippen molar-refractivity contribution >= 4 is 27.7 Å². The van der Waals surface area contributed by atoms with Gasteiger partial charge in [-0.05, 0) is 52.3 Å². The van der Waals surface area contributed by atoms with Gasteiger partial charge in [-0.3, -0.25) is 4.79 Å². The van der Waals surface area contributed by atoms with Crippen molar-refractivity contribution in [3.05, 3.63) is 52.6 Å². The van der Waals surface area contributed by atoms with Crippen LogP contribution in [0.25, 0.3) is 0 Å². The van der Waals surface area contributed by atoms with E-state index in [1.54, 1.807) is 42.6 Å². The number of rotatable bonds is 4. The summed E-state index contributed by atoms with van der Waals surface area (Å²) in [6.07, 6.45) is 1.59. The Labute approximate surface area is 124 Å². The molecule has 6 heteroatoms. The SMILES string of the molecule is N#Cc1ccc(OCC(=O)Nc2ccc(Br)cn2)cc1. The van der Waals surface area contributed by atoms with E-state index in [9.17, 15) is 4.79 Å². The fraction of sp³-hybridized carbons (Fsp3) is 0.0714. The van der Waals surface area contributed by atoms with Gasteiger partial charge in [-0.2, -0.15) is 5.26 Å². The number of ether oxygens (including phenoxy) is 1. The van der Waals surface area contributed by atoms with Crippen molar-refractivity contribution in [1.82, 2.24) is 4.98 Å². The first kappa shape index (κ1) is 14.0. The molecule has 1 N–H and O–H groups in total. The molecule has 0 aliphatic carbocycles. The van der Waals surface area contributed by atoms with Gasteiger partial charge < -0.3 is 10.1 Å². The average Bonchev–Trinajstić information content (AvgIpc) is 2.48. The first-order chi connectivity index (χ1) is 9.67. The Morgan fingerprint density at radius 1 is 1.30 bits per heavy atom. The molecule has 5 nitrogen and oxygen atoms in total. The third-order valence-corrected chi connectivity index (χ3v) is 2.82. The summed E-state index contributed by atoms with van der Waals surface area (Å²) in [7, 11) is 0. The summed E-state index contributed by atoms with van der Waals surface area (Å²) in [5.74, 6) is 0.689. The van der Waals surface area contributed by atoms with E-state index in [-0.39, 0.29) is 12.5 Å². The minimum atomic E-state index is -0.302. The normalized spacial score (nSPS) is 9.60. The van der Waals surface area contributed by atoms with Gasteiger partial charge in [-0.25, -0.2) is 4.98 Å². The number of halogens is 1. The van der Waals surface area contributed by atoms with Crippen LogP contribution in [0.1, 0.15) is 5.56 Å². The van der Waals surface area contributed by atoms with E-state index in [1.807, 2.05) is 6.07 Å². The van der Waals surface area contributed by atoms with Crippen LogP contribution in [0, 0.1) is 11.3 Å². The number of nitrogens with one attached hydrogen (secondary N) is 1. The van der Waals surface area contributed by atoms with Crippen molar-refractivity contribution in [2.75, 3.05) is 11.9 Å². The summed E-state index contributed by atoms with van der Waals surface area (Å²) in [6.45, 7) is -0.121. The summed E-state index contributed by atoms with van der Waals surface area (Å²) >= 11 is 3.26. The quantitative estimate of drug-likeness (QED) is 0.934. The zero-order chi connectivity index (χ0) is 14.4. The number of benzene rings is 1. The minimum absolute atomic E-state index is 0.121. The number of anilines is 1. The number of nitrogens with zero attached hydrogens (tertiary/aromatic N) is 2. The van der Waals surface area contributed by atoms with Gasteiger partial charge >= 0.3 is 0 Å². The molecule has 1 amide bonds. The summed E-state index contributed by atoms with van der Waals surface area (Å²) in [5, 5.41) is 11.3. The van der Waals surface area contributed by atoms with Crippen LogP contribution < -0.4 is 10.1 Å². The lowest BCUT2D eigenvalue weighted by molar-refractivity contribution is -0.118. The molecular formula is C14H10BrN3O2. The van der Waals surface area contributed by atoms with Crippen molar-refractivity contribution in [2.45, 2.75) is 0 Å². The van der Waals surface area contributed by atoms with Gasteiger partial charge in [-0.15, -0.1) is 0 Å². The predicted molar refractivity (Wildman–Crippen MR) is 77.2 cm³/mol. The molecule has 2 aromatic rings. The standard InChI is InChI=1S/C14H10BrN3O2/c15-11-3-6-13(17-8-11)18-14(19)9-20-12-4-1-10(7-16)2-5-12/h1-6,8H,9H2,(H,17,18,19). The van der Waals surface area contributed by atoms with Crippen LogP contribution in [0.2, 0.25) is 0 Å². The van der Waals surface area contributed by atoms with E-state index in [4.69, 9.17) is 10.00 Å². The molecular weight excluding hydrogens is 322 g/mol. The van der Waals surface area contributed by atoms with E-state index in [0.717, 1.165) is 4.47 Å². The first-order valence-electron chi connectivity index (χ1n) is 5.72. The number of amides is 1. The number of hydrogen-bond donors (Lipinski definition) is 1. The molecule has 0 spiro atoms. The fourth-order valence-electron chi connectivity index (χ4n) is 1.40. The maximum Gasteiger partial charge on any atom is 0.263 e. The molecule has 1 aromatic heterocycles. The summed E-state index contributed by atoms with van der Waals surface area (Å²) in [6, 6.07) is 12.0. The molecule has 0 atom stereocenters. The Balaban J connectivity index is 1.85. The van der Waals surface area contributed by atoms with Crippen LogP contribution in [0.4, 0.5) is 5.82 Å². The first-order valence-corrected chi connectivity index (χ1v) is 6.51. The number of carbonyl (C=O) groups is 1. The topological polar surface area (TPSA) is 75.0 Å². The van der Waals surface area contributed by atoms with Gasteiger partial charge in [0.2, 0.25) is 0 Å². The van der Waals surface area contributed by atoms with E-state index < -0.39 is 0 Å². The monoisotopic (exact) mass is 331 g/mol. The molecule has 0 bridgehead atoms. The number of hydrogen-bond acceptors (Lipinski definition) is 4. The van der Waals surface area contributed by atoms with Crippen LogP contribution in [0.5, 0.6) is 5.75 Å². The average molecular weight is 332 g/mol. The molecule has 0 fully saturated rings. The molecule has 2 rings (SSSR count). The van der Waals surface area contributed by atoms with Crippen LogP contribution in [-0.2, 0) is 4.79 Å². The van der Waals surface area contributed by atoms with E-state index >= 15 is 0 Å². The second-order valence-electron chi connectivity index (χ2n) is 3.83. The zero-order valence-electron chi connectivity index (χ0n) is 10.3. The molecule has 1 aromatic carbocycles. The highest BCUT2D eigenvalue weighted by molar-refractivity contribution is 9.10. The minimum Gasteiger partial charge on any atom is -0.484 e. The van der Waals surface area contributed by atoms with Gasteiger partial charge in [0.05, 0.1) is 11.6 Å². The molecule has 0 aliphatic heterocycles. The highest BCUT2D eigenvalue weighted by Gasteiger charge is 2.04. The fourth-order valence-corrected chi connectivity index (χ4v) is 1.64. The number of nitriles is 1.